The van der Waals surface area contributed by atoms with Crippen molar-refractivity contribution in [2.24, 2.45) is 0 Å². The van der Waals surface area contributed by atoms with Gasteiger partial charge < -0.3 is 10.0 Å². The van der Waals surface area contributed by atoms with Crippen molar-refractivity contribution in [2.75, 3.05) is 33.7 Å². The van der Waals surface area contributed by atoms with E-state index in [-0.39, 0.29) is 6.04 Å². The minimum absolute atomic E-state index is 0.179. The van der Waals surface area contributed by atoms with Gasteiger partial charge in [-0.3, -0.25) is 10.2 Å². The molecule has 1 rings (SSSR count). The van der Waals surface area contributed by atoms with Crippen LogP contribution in [0.15, 0.2) is 48.6 Å². The van der Waals surface area contributed by atoms with E-state index in [1.165, 1.54) is 154 Å². The second kappa shape index (κ2) is 34.3. The Morgan fingerprint density at radius 1 is 0.542 bits per heavy atom. The van der Waals surface area contributed by atoms with E-state index >= 15 is 0 Å². The van der Waals surface area contributed by atoms with Gasteiger partial charge in [0.2, 0.25) is 0 Å². The standard InChI is InChI=1S/C44H83N3O/c1-5-7-9-11-13-15-17-19-21-23-25-27-29-31-33-35-37-42(45-44(48)43-41-46(3)39-40-47(43)4)38-36-34-32-30-28-26-24-22-20-18-16-14-12-10-8-6-2/h13-16,19-22,42-45,48H,5-12,17-18,23-41H2,1-4H3/b15-13-,16-14-,21-19-,22-20-. The second-order valence-electron chi connectivity index (χ2n) is 14.9. The van der Waals surface area contributed by atoms with Gasteiger partial charge in [0, 0.05) is 25.7 Å². The van der Waals surface area contributed by atoms with Crippen LogP contribution in [0.25, 0.3) is 0 Å². The molecule has 0 aromatic heterocycles. The van der Waals surface area contributed by atoms with Crippen LogP contribution in [0, 0.1) is 0 Å². The van der Waals surface area contributed by atoms with E-state index in [1.54, 1.807) is 0 Å². The highest BCUT2D eigenvalue weighted by Gasteiger charge is 2.29. The lowest BCUT2D eigenvalue weighted by molar-refractivity contribution is -0.00993. The lowest BCUT2D eigenvalue weighted by atomic mass is 9.99. The zero-order valence-electron chi connectivity index (χ0n) is 32.7. The molecule has 280 valence electrons. The molecule has 2 N–H and O–H groups in total. The van der Waals surface area contributed by atoms with Crippen LogP contribution in [0.5, 0.6) is 0 Å². The third-order valence-corrected chi connectivity index (χ3v) is 10.2. The van der Waals surface area contributed by atoms with Crippen LogP contribution in [-0.4, -0.2) is 66.9 Å². The van der Waals surface area contributed by atoms with Crippen LogP contribution in [-0.2, 0) is 0 Å². The Labute approximate surface area is 301 Å². The molecule has 1 saturated heterocycles. The van der Waals surface area contributed by atoms with Gasteiger partial charge in [0.1, 0.15) is 6.23 Å². The molecule has 4 nitrogen and oxygen atoms in total. The maximum Gasteiger partial charge on any atom is 0.122 e. The number of allylic oxidation sites excluding steroid dienone is 8. The number of aliphatic hydroxyl groups is 1. The van der Waals surface area contributed by atoms with Crippen molar-refractivity contribution in [1.29, 1.82) is 0 Å². The van der Waals surface area contributed by atoms with Crippen molar-refractivity contribution in [3.8, 4) is 0 Å². The number of nitrogens with zero attached hydrogens (tertiary/aromatic N) is 2. The van der Waals surface area contributed by atoms with Crippen molar-refractivity contribution < 1.29 is 5.11 Å². The predicted octanol–water partition coefficient (Wildman–Crippen LogP) is 11.9. The molecule has 48 heavy (non-hydrogen) atoms. The number of hydrogen-bond acceptors (Lipinski definition) is 4. The van der Waals surface area contributed by atoms with Gasteiger partial charge >= 0.3 is 0 Å². The van der Waals surface area contributed by atoms with Gasteiger partial charge in [0.05, 0.1) is 6.04 Å². The van der Waals surface area contributed by atoms with E-state index in [1.807, 2.05) is 0 Å². The summed E-state index contributed by atoms with van der Waals surface area (Å²) in [5.41, 5.74) is 0. The van der Waals surface area contributed by atoms with Gasteiger partial charge in [-0.05, 0) is 91.1 Å². The van der Waals surface area contributed by atoms with Crippen molar-refractivity contribution >= 4 is 0 Å². The van der Waals surface area contributed by atoms with Crippen LogP contribution in [0.3, 0.4) is 0 Å². The summed E-state index contributed by atoms with van der Waals surface area (Å²) in [5, 5.41) is 14.9. The zero-order valence-corrected chi connectivity index (χ0v) is 32.7. The quantitative estimate of drug-likeness (QED) is 0.0414. The largest absolute Gasteiger partial charge is 0.377 e. The van der Waals surface area contributed by atoms with E-state index in [0.29, 0.717) is 6.04 Å². The number of aliphatic hydroxyl groups excluding tert-OH is 1. The Hall–Kier alpha value is -1.20. The molecule has 1 fully saturated rings. The Morgan fingerprint density at radius 3 is 1.38 bits per heavy atom. The van der Waals surface area contributed by atoms with Gasteiger partial charge in [-0.2, -0.15) is 0 Å². The maximum absolute atomic E-state index is 11.2. The van der Waals surface area contributed by atoms with Gasteiger partial charge in [-0.25, -0.2) is 0 Å². The smallest absolute Gasteiger partial charge is 0.122 e. The van der Waals surface area contributed by atoms with E-state index in [9.17, 15) is 5.11 Å². The zero-order chi connectivity index (χ0) is 34.8. The molecule has 4 heteroatoms. The summed E-state index contributed by atoms with van der Waals surface area (Å²) < 4.78 is 0. The lowest BCUT2D eigenvalue weighted by Crippen LogP contribution is -2.60. The molecule has 0 aliphatic carbocycles. The predicted molar refractivity (Wildman–Crippen MR) is 215 cm³/mol. The number of rotatable bonds is 33. The number of unbranched alkanes of at least 4 members (excludes halogenated alkanes) is 18. The maximum atomic E-state index is 11.2. The molecular weight excluding hydrogens is 587 g/mol. The number of hydrogen-bond donors (Lipinski definition) is 2. The molecule has 2 atom stereocenters. The highest BCUT2D eigenvalue weighted by molar-refractivity contribution is 4.93. The molecule has 0 aromatic rings. The van der Waals surface area contributed by atoms with Crippen molar-refractivity contribution in [2.45, 2.75) is 199 Å². The van der Waals surface area contributed by atoms with E-state index in [4.69, 9.17) is 0 Å². The molecule has 2 unspecified atom stereocenters. The SMILES string of the molecule is CCCCC/C=C\C/C=C\CCCCCCCCC(CCCCCCCC/C=C\C/C=C\CCCCC)NC(O)C1CN(C)CCN1C. The summed E-state index contributed by atoms with van der Waals surface area (Å²) in [7, 11) is 4.35. The minimum Gasteiger partial charge on any atom is -0.377 e. The third-order valence-electron chi connectivity index (χ3n) is 10.2. The Balaban J connectivity index is 2.22. The summed E-state index contributed by atoms with van der Waals surface area (Å²) in [5.74, 6) is 0. The molecule has 1 aliphatic rings. The second-order valence-corrected chi connectivity index (χ2v) is 14.9. The summed E-state index contributed by atoms with van der Waals surface area (Å²) in [4.78, 5) is 4.70. The summed E-state index contributed by atoms with van der Waals surface area (Å²) in [6.45, 7) is 7.59. The number of nitrogens with one attached hydrogen (secondary N) is 1. The Morgan fingerprint density at radius 2 is 0.938 bits per heavy atom. The van der Waals surface area contributed by atoms with Crippen molar-refractivity contribution in [1.82, 2.24) is 15.1 Å². The van der Waals surface area contributed by atoms with E-state index < -0.39 is 6.23 Å². The molecule has 0 saturated carbocycles. The highest BCUT2D eigenvalue weighted by Crippen LogP contribution is 2.17. The first kappa shape index (κ1) is 44.8. The molecule has 0 bridgehead atoms. The van der Waals surface area contributed by atoms with Crippen molar-refractivity contribution in [3.63, 3.8) is 0 Å². The average Bonchev–Trinajstić information content (AvgIpc) is 3.08. The summed E-state index contributed by atoms with van der Waals surface area (Å²) in [6, 6.07) is 0.607. The Bertz CT molecular complexity index is 742. The normalized spacial score (nSPS) is 17.4. The highest BCUT2D eigenvalue weighted by atomic mass is 16.3. The van der Waals surface area contributed by atoms with Crippen LogP contribution >= 0.6 is 0 Å². The van der Waals surface area contributed by atoms with Crippen LogP contribution in [0.1, 0.15) is 181 Å². The fourth-order valence-corrected chi connectivity index (χ4v) is 6.81. The van der Waals surface area contributed by atoms with Crippen molar-refractivity contribution in [3.05, 3.63) is 48.6 Å². The first-order chi connectivity index (χ1) is 23.6. The first-order valence-corrected chi connectivity index (χ1v) is 21.0. The molecule has 0 aromatic carbocycles. The van der Waals surface area contributed by atoms with Gasteiger partial charge in [0.15, 0.2) is 0 Å². The lowest BCUT2D eigenvalue weighted by Gasteiger charge is -2.41. The van der Waals surface area contributed by atoms with Gasteiger partial charge in [0.25, 0.3) is 0 Å². The first-order valence-electron chi connectivity index (χ1n) is 21.0. The van der Waals surface area contributed by atoms with Gasteiger partial charge in [-0.1, -0.05) is 152 Å². The summed E-state index contributed by atoms with van der Waals surface area (Å²) in [6.07, 6.45) is 51.8. The van der Waals surface area contributed by atoms with Crippen LogP contribution < -0.4 is 5.32 Å². The fourth-order valence-electron chi connectivity index (χ4n) is 6.81. The molecule has 1 heterocycles. The molecule has 0 spiro atoms. The third kappa shape index (κ3) is 27.6. The van der Waals surface area contributed by atoms with Crippen LogP contribution in [0.4, 0.5) is 0 Å². The fraction of sp³-hybridized carbons (Fsp3) is 0.818. The van der Waals surface area contributed by atoms with E-state index in [2.05, 4.69) is 91.7 Å². The topological polar surface area (TPSA) is 38.7 Å². The molecular formula is C44H83N3O. The number of likely N-dealkylation sites (N-methyl/N-ethyl adjacent to an activating group) is 2. The molecule has 0 amide bonds. The van der Waals surface area contributed by atoms with Crippen LogP contribution in [0.2, 0.25) is 0 Å². The summed E-state index contributed by atoms with van der Waals surface area (Å²) >= 11 is 0. The van der Waals surface area contributed by atoms with Gasteiger partial charge in [-0.15, -0.1) is 0 Å². The average molecular weight is 670 g/mol. The Kier molecular flexibility index (Phi) is 32.0. The van der Waals surface area contributed by atoms with E-state index in [0.717, 1.165) is 32.5 Å². The molecule has 1 aliphatic heterocycles. The molecule has 0 radical (unpaired) electrons. The number of piperazine rings is 1. The minimum atomic E-state index is -0.447. The monoisotopic (exact) mass is 670 g/mol.